The molecule has 0 aromatic heterocycles. The van der Waals surface area contributed by atoms with Gasteiger partial charge in [0.1, 0.15) is 5.57 Å². The smallest absolute Gasteiger partial charge is 0.273 e. The van der Waals surface area contributed by atoms with Crippen molar-refractivity contribution < 1.29 is 14.4 Å². The fourth-order valence-electron chi connectivity index (χ4n) is 2.23. The van der Waals surface area contributed by atoms with Crippen LogP contribution >= 0.6 is 11.6 Å². The molecule has 4 amide bonds. The van der Waals surface area contributed by atoms with Crippen molar-refractivity contribution in [2.24, 2.45) is 0 Å². The van der Waals surface area contributed by atoms with Crippen LogP contribution in [0.3, 0.4) is 0 Å². The van der Waals surface area contributed by atoms with Gasteiger partial charge in [0.25, 0.3) is 11.8 Å². The van der Waals surface area contributed by atoms with Crippen LogP contribution in [-0.4, -0.2) is 17.8 Å². The lowest BCUT2D eigenvalue weighted by atomic mass is 10.1. The lowest BCUT2D eigenvalue weighted by molar-refractivity contribution is -0.122. The summed E-state index contributed by atoms with van der Waals surface area (Å²) in [5.41, 5.74) is 0.855. The first-order valence-corrected chi connectivity index (χ1v) is 7.16. The van der Waals surface area contributed by atoms with E-state index in [4.69, 9.17) is 11.6 Å². The molecular formula is C17H11ClN2O3. The molecule has 0 aliphatic carbocycles. The number of hydrogen-bond acceptors (Lipinski definition) is 3. The summed E-state index contributed by atoms with van der Waals surface area (Å²) >= 11 is 5.90. The van der Waals surface area contributed by atoms with Crippen LogP contribution in [0.5, 0.6) is 0 Å². The second-order valence-electron chi connectivity index (χ2n) is 4.85. The minimum atomic E-state index is -0.769. The van der Waals surface area contributed by atoms with E-state index in [1.807, 2.05) is 0 Å². The molecule has 23 heavy (non-hydrogen) atoms. The number of carbonyl (C=O) groups is 3. The number of rotatable bonds is 2. The fraction of sp³-hybridized carbons (Fsp3) is 0. The van der Waals surface area contributed by atoms with Crippen molar-refractivity contribution in [1.29, 1.82) is 0 Å². The number of urea groups is 1. The van der Waals surface area contributed by atoms with E-state index in [0.29, 0.717) is 16.3 Å². The Balaban J connectivity index is 2.02. The van der Waals surface area contributed by atoms with Crippen molar-refractivity contribution in [1.82, 2.24) is 5.32 Å². The number of hydrogen-bond donors (Lipinski definition) is 1. The molecule has 0 unspecified atom stereocenters. The molecule has 1 saturated heterocycles. The molecule has 1 heterocycles. The molecule has 0 spiro atoms. The summed E-state index contributed by atoms with van der Waals surface area (Å²) in [5.74, 6) is -1.41. The van der Waals surface area contributed by atoms with E-state index < -0.39 is 17.8 Å². The van der Waals surface area contributed by atoms with E-state index in [-0.39, 0.29) is 5.57 Å². The second-order valence-corrected chi connectivity index (χ2v) is 5.28. The minimum absolute atomic E-state index is 0.129. The molecule has 1 aliphatic heterocycles. The fourth-order valence-corrected chi connectivity index (χ4v) is 2.43. The highest BCUT2D eigenvalue weighted by Gasteiger charge is 2.36. The number of imide groups is 2. The summed E-state index contributed by atoms with van der Waals surface area (Å²) < 4.78 is 0. The van der Waals surface area contributed by atoms with Gasteiger partial charge in [-0.05, 0) is 35.9 Å². The van der Waals surface area contributed by atoms with Crippen LogP contribution in [0.4, 0.5) is 10.5 Å². The molecule has 6 heteroatoms. The van der Waals surface area contributed by atoms with Crippen LogP contribution in [0.1, 0.15) is 5.56 Å². The Hall–Kier alpha value is -2.92. The van der Waals surface area contributed by atoms with Crippen LogP contribution in [0.25, 0.3) is 6.08 Å². The Kier molecular flexibility index (Phi) is 3.95. The van der Waals surface area contributed by atoms with Crippen LogP contribution in [0.15, 0.2) is 60.2 Å². The molecule has 1 aliphatic rings. The van der Waals surface area contributed by atoms with Gasteiger partial charge in [0.2, 0.25) is 0 Å². The predicted octanol–water partition coefficient (Wildman–Crippen LogP) is 3.01. The average Bonchev–Trinajstić information content (AvgIpc) is 2.52. The maximum absolute atomic E-state index is 12.6. The Labute approximate surface area is 137 Å². The topological polar surface area (TPSA) is 66.5 Å². The van der Waals surface area contributed by atoms with E-state index in [9.17, 15) is 14.4 Å². The van der Waals surface area contributed by atoms with E-state index in [0.717, 1.165) is 4.90 Å². The molecule has 0 radical (unpaired) electrons. The van der Waals surface area contributed by atoms with Gasteiger partial charge in [-0.15, -0.1) is 0 Å². The van der Waals surface area contributed by atoms with Crippen molar-refractivity contribution >= 4 is 41.2 Å². The van der Waals surface area contributed by atoms with Crippen molar-refractivity contribution in [3.05, 3.63) is 70.8 Å². The van der Waals surface area contributed by atoms with Crippen molar-refractivity contribution in [2.75, 3.05) is 4.90 Å². The summed E-state index contributed by atoms with van der Waals surface area (Å²) in [6.07, 6.45) is 1.41. The van der Waals surface area contributed by atoms with Crippen LogP contribution in [0, 0.1) is 0 Å². The molecule has 1 N–H and O–H groups in total. The quantitative estimate of drug-likeness (QED) is 0.681. The number of carbonyl (C=O) groups excluding carboxylic acids is 3. The summed E-state index contributed by atoms with van der Waals surface area (Å²) in [7, 11) is 0. The normalized spacial score (nSPS) is 16.7. The standard InChI is InChI=1S/C17H11ClN2O3/c18-12-6-4-5-11(9-12)10-14-15(21)19-17(23)20(16(14)22)13-7-2-1-3-8-13/h1-10H,(H,19,21,23)/b14-10-. The third-order valence-corrected chi connectivity index (χ3v) is 3.51. The summed E-state index contributed by atoms with van der Waals surface area (Å²) in [5, 5.41) is 2.65. The van der Waals surface area contributed by atoms with Crippen LogP contribution in [0.2, 0.25) is 5.02 Å². The maximum Gasteiger partial charge on any atom is 0.335 e. The lowest BCUT2D eigenvalue weighted by Gasteiger charge is -2.26. The number of anilines is 1. The zero-order valence-corrected chi connectivity index (χ0v) is 12.6. The predicted molar refractivity (Wildman–Crippen MR) is 86.9 cm³/mol. The lowest BCUT2D eigenvalue weighted by Crippen LogP contribution is -2.54. The highest BCUT2D eigenvalue weighted by Crippen LogP contribution is 2.22. The van der Waals surface area contributed by atoms with E-state index in [1.165, 1.54) is 6.08 Å². The van der Waals surface area contributed by atoms with Gasteiger partial charge in [-0.1, -0.05) is 41.9 Å². The highest BCUT2D eigenvalue weighted by atomic mass is 35.5. The third-order valence-electron chi connectivity index (χ3n) is 3.28. The average molecular weight is 327 g/mol. The largest absolute Gasteiger partial charge is 0.335 e. The first-order valence-electron chi connectivity index (χ1n) is 6.78. The number of barbiturate groups is 1. The molecule has 5 nitrogen and oxygen atoms in total. The van der Waals surface area contributed by atoms with Gasteiger partial charge in [-0.3, -0.25) is 14.9 Å². The van der Waals surface area contributed by atoms with Gasteiger partial charge in [0, 0.05) is 5.02 Å². The number of amides is 4. The van der Waals surface area contributed by atoms with Crippen LogP contribution < -0.4 is 10.2 Å². The summed E-state index contributed by atoms with van der Waals surface area (Å²) in [6, 6.07) is 14.4. The molecule has 0 atom stereocenters. The molecule has 1 fully saturated rings. The van der Waals surface area contributed by atoms with Crippen LogP contribution in [-0.2, 0) is 9.59 Å². The zero-order chi connectivity index (χ0) is 16.4. The minimum Gasteiger partial charge on any atom is -0.273 e. The van der Waals surface area contributed by atoms with Gasteiger partial charge < -0.3 is 0 Å². The Bertz CT molecular complexity index is 831. The number of para-hydroxylation sites is 1. The van der Waals surface area contributed by atoms with Crippen molar-refractivity contribution in [3.63, 3.8) is 0 Å². The maximum atomic E-state index is 12.6. The molecule has 0 bridgehead atoms. The van der Waals surface area contributed by atoms with E-state index in [1.54, 1.807) is 54.6 Å². The zero-order valence-electron chi connectivity index (χ0n) is 11.8. The third kappa shape index (κ3) is 3.00. The Morgan fingerprint density at radius 3 is 2.39 bits per heavy atom. The molecule has 2 aromatic carbocycles. The number of nitrogens with one attached hydrogen (secondary N) is 1. The molecule has 2 aromatic rings. The molecule has 3 rings (SSSR count). The van der Waals surface area contributed by atoms with Gasteiger partial charge >= 0.3 is 6.03 Å². The van der Waals surface area contributed by atoms with Gasteiger partial charge in [0.05, 0.1) is 5.69 Å². The Morgan fingerprint density at radius 1 is 0.957 bits per heavy atom. The molecule has 0 saturated carbocycles. The van der Waals surface area contributed by atoms with Crippen molar-refractivity contribution in [2.45, 2.75) is 0 Å². The first kappa shape index (κ1) is 15.0. The second kappa shape index (κ2) is 6.06. The van der Waals surface area contributed by atoms with E-state index >= 15 is 0 Å². The van der Waals surface area contributed by atoms with E-state index in [2.05, 4.69) is 5.32 Å². The number of nitrogens with zero attached hydrogens (tertiary/aromatic N) is 1. The highest BCUT2D eigenvalue weighted by molar-refractivity contribution is 6.39. The van der Waals surface area contributed by atoms with Gasteiger partial charge in [-0.2, -0.15) is 0 Å². The number of benzene rings is 2. The molecular weight excluding hydrogens is 316 g/mol. The molecule has 114 valence electrons. The first-order chi connectivity index (χ1) is 11.1. The van der Waals surface area contributed by atoms with Gasteiger partial charge in [-0.25, -0.2) is 9.69 Å². The van der Waals surface area contributed by atoms with Crippen molar-refractivity contribution in [3.8, 4) is 0 Å². The number of halogens is 1. The SMILES string of the molecule is O=C1NC(=O)N(c2ccccc2)C(=O)/C1=C\c1cccc(Cl)c1. The van der Waals surface area contributed by atoms with Gasteiger partial charge in [0.15, 0.2) is 0 Å². The Morgan fingerprint density at radius 2 is 1.70 bits per heavy atom. The summed E-state index contributed by atoms with van der Waals surface area (Å²) in [4.78, 5) is 37.5. The summed E-state index contributed by atoms with van der Waals surface area (Å²) in [6.45, 7) is 0. The monoisotopic (exact) mass is 326 g/mol.